The van der Waals surface area contributed by atoms with Crippen LogP contribution in [0.3, 0.4) is 0 Å². The van der Waals surface area contributed by atoms with E-state index in [1.807, 2.05) is 0 Å². The van der Waals surface area contributed by atoms with Gasteiger partial charge in [-0.3, -0.25) is 9.59 Å². The highest BCUT2D eigenvalue weighted by Gasteiger charge is 2.37. The van der Waals surface area contributed by atoms with Gasteiger partial charge in [-0.25, -0.2) is 4.90 Å². The predicted molar refractivity (Wildman–Crippen MR) is 72.2 cm³/mol. The van der Waals surface area contributed by atoms with Crippen LogP contribution in [0.4, 0.5) is 5.69 Å². The Kier molecular flexibility index (Phi) is 2.68. The summed E-state index contributed by atoms with van der Waals surface area (Å²) in [4.78, 5) is 25.7. The summed E-state index contributed by atoms with van der Waals surface area (Å²) in [5.41, 5.74) is 0.979. The first kappa shape index (κ1) is 12.2. The van der Waals surface area contributed by atoms with Crippen molar-refractivity contribution in [1.82, 2.24) is 0 Å². The number of carbonyl (C=O) groups is 2. The van der Waals surface area contributed by atoms with E-state index in [9.17, 15) is 14.7 Å². The van der Waals surface area contributed by atoms with Gasteiger partial charge in [-0.05, 0) is 30.3 Å². The second kappa shape index (κ2) is 4.38. The van der Waals surface area contributed by atoms with Crippen LogP contribution in [0.1, 0.15) is 20.7 Å². The average Bonchev–Trinajstić information content (AvgIpc) is 2.70. The van der Waals surface area contributed by atoms with Crippen LogP contribution in [-0.4, -0.2) is 24.0 Å². The number of rotatable bonds is 2. The Morgan fingerprint density at radius 2 is 1.75 bits per heavy atom. The molecule has 0 saturated heterocycles. The third-order valence-corrected chi connectivity index (χ3v) is 3.18. The number of nitrogens with zero attached hydrogens (tertiary/aromatic N) is 1. The lowest BCUT2D eigenvalue weighted by Crippen LogP contribution is -2.29. The molecule has 0 aromatic heterocycles. The van der Waals surface area contributed by atoms with E-state index in [2.05, 4.69) is 0 Å². The minimum atomic E-state index is -0.422. The summed E-state index contributed by atoms with van der Waals surface area (Å²) >= 11 is 0. The molecule has 0 saturated carbocycles. The van der Waals surface area contributed by atoms with E-state index in [1.165, 1.54) is 19.2 Å². The summed E-state index contributed by atoms with van der Waals surface area (Å²) in [6.07, 6.45) is 0. The number of aromatic hydroxyl groups is 1. The van der Waals surface area contributed by atoms with Crippen molar-refractivity contribution in [2.24, 2.45) is 0 Å². The van der Waals surface area contributed by atoms with Crippen LogP contribution >= 0.6 is 0 Å². The number of methoxy groups -OCH3 is 1. The smallest absolute Gasteiger partial charge is 0.266 e. The maximum Gasteiger partial charge on any atom is 0.266 e. The Morgan fingerprint density at radius 3 is 2.45 bits per heavy atom. The third-order valence-electron chi connectivity index (χ3n) is 3.18. The molecule has 5 heteroatoms. The molecule has 1 heterocycles. The Bertz CT molecular complexity index is 724. The minimum Gasteiger partial charge on any atom is -0.508 e. The van der Waals surface area contributed by atoms with Gasteiger partial charge in [-0.15, -0.1) is 0 Å². The number of hydrogen-bond acceptors (Lipinski definition) is 4. The number of amides is 2. The largest absolute Gasteiger partial charge is 0.508 e. The quantitative estimate of drug-likeness (QED) is 0.849. The highest BCUT2D eigenvalue weighted by molar-refractivity contribution is 6.34. The maximum atomic E-state index is 12.4. The van der Waals surface area contributed by atoms with E-state index in [0.717, 1.165) is 4.90 Å². The number of phenolic OH excluding ortho intramolecular Hbond substituents is 1. The van der Waals surface area contributed by atoms with Crippen LogP contribution in [0.15, 0.2) is 42.5 Å². The van der Waals surface area contributed by atoms with Crippen LogP contribution < -0.4 is 9.64 Å². The van der Waals surface area contributed by atoms with E-state index in [0.29, 0.717) is 22.6 Å². The number of imide groups is 1. The highest BCUT2D eigenvalue weighted by Crippen LogP contribution is 2.31. The molecule has 1 aliphatic rings. The minimum absolute atomic E-state index is 0.00311. The molecule has 5 nitrogen and oxygen atoms in total. The van der Waals surface area contributed by atoms with Gasteiger partial charge in [0.05, 0.1) is 23.9 Å². The molecular weight excluding hydrogens is 258 g/mol. The summed E-state index contributed by atoms with van der Waals surface area (Å²) < 4.78 is 5.06. The molecule has 0 unspecified atom stereocenters. The standard InChI is InChI=1S/C15H11NO4/c1-20-11-5-6-12-13(8-11)15(19)16(14(12)18)9-3-2-4-10(17)7-9/h2-8,17H,1H3. The molecule has 20 heavy (non-hydrogen) atoms. The van der Waals surface area contributed by atoms with E-state index in [-0.39, 0.29) is 5.75 Å². The number of benzene rings is 2. The van der Waals surface area contributed by atoms with Crippen molar-refractivity contribution >= 4 is 17.5 Å². The van der Waals surface area contributed by atoms with Gasteiger partial charge in [0.1, 0.15) is 11.5 Å². The fraction of sp³-hybridized carbons (Fsp3) is 0.0667. The number of fused-ring (bicyclic) bond motifs is 1. The van der Waals surface area contributed by atoms with Crippen LogP contribution in [0.25, 0.3) is 0 Å². The van der Waals surface area contributed by atoms with Gasteiger partial charge in [-0.2, -0.15) is 0 Å². The molecule has 1 N–H and O–H groups in total. The molecular formula is C15H11NO4. The predicted octanol–water partition coefficient (Wildman–Crippen LogP) is 2.20. The number of carbonyl (C=O) groups excluding carboxylic acids is 2. The molecule has 0 spiro atoms. The SMILES string of the molecule is COc1ccc2c(c1)C(=O)N(c1cccc(O)c1)C2=O. The molecule has 0 radical (unpaired) electrons. The molecule has 3 rings (SSSR count). The van der Waals surface area contributed by atoms with Crippen LogP contribution in [-0.2, 0) is 0 Å². The van der Waals surface area contributed by atoms with Gasteiger partial charge in [0.2, 0.25) is 0 Å². The van der Waals surface area contributed by atoms with Crippen molar-refractivity contribution in [3.05, 3.63) is 53.6 Å². The molecule has 1 aliphatic heterocycles. The van der Waals surface area contributed by atoms with E-state index < -0.39 is 11.8 Å². The molecule has 0 fully saturated rings. The fourth-order valence-corrected chi connectivity index (χ4v) is 2.21. The summed E-state index contributed by atoms with van der Waals surface area (Å²) in [5, 5.41) is 9.48. The number of ether oxygens (including phenoxy) is 1. The van der Waals surface area contributed by atoms with Gasteiger partial charge in [0.15, 0.2) is 0 Å². The lowest BCUT2D eigenvalue weighted by molar-refractivity contribution is 0.0926. The number of anilines is 1. The molecule has 0 bridgehead atoms. The first-order valence-electron chi connectivity index (χ1n) is 5.97. The Hall–Kier alpha value is -2.82. The van der Waals surface area contributed by atoms with Crippen LogP contribution in [0, 0.1) is 0 Å². The lowest BCUT2D eigenvalue weighted by atomic mass is 10.1. The monoisotopic (exact) mass is 269 g/mol. The number of hydrogen-bond donors (Lipinski definition) is 1. The van der Waals surface area contributed by atoms with Crippen molar-refractivity contribution in [1.29, 1.82) is 0 Å². The molecule has 0 aliphatic carbocycles. The van der Waals surface area contributed by atoms with Gasteiger partial charge >= 0.3 is 0 Å². The number of phenols is 1. The zero-order valence-electron chi connectivity index (χ0n) is 10.7. The first-order valence-corrected chi connectivity index (χ1v) is 5.97. The molecule has 0 atom stereocenters. The first-order chi connectivity index (χ1) is 9.61. The Balaban J connectivity index is 2.09. The van der Waals surface area contributed by atoms with Crippen LogP contribution in [0.2, 0.25) is 0 Å². The van der Waals surface area contributed by atoms with Crippen LogP contribution in [0.5, 0.6) is 11.5 Å². The Morgan fingerprint density at radius 1 is 1.00 bits per heavy atom. The topological polar surface area (TPSA) is 66.8 Å². The molecule has 2 aromatic rings. The molecule has 100 valence electrons. The van der Waals surface area contributed by atoms with Crippen molar-refractivity contribution in [2.75, 3.05) is 12.0 Å². The normalized spacial score (nSPS) is 13.6. The zero-order valence-corrected chi connectivity index (χ0v) is 10.7. The zero-order chi connectivity index (χ0) is 14.3. The van der Waals surface area contributed by atoms with Gasteiger partial charge in [0.25, 0.3) is 11.8 Å². The van der Waals surface area contributed by atoms with Gasteiger partial charge in [0, 0.05) is 6.07 Å². The maximum absolute atomic E-state index is 12.4. The fourth-order valence-electron chi connectivity index (χ4n) is 2.21. The average molecular weight is 269 g/mol. The molecule has 2 amide bonds. The van der Waals surface area contributed by atoms with E-state index >= 15 is 0 Å². The summed E-state index contributed by atoms with van der Waals surface area (Å²) in [5.74, 6) is -0.313. The third kappa shape index (κ3) is 1.72. The van der Waals surface area contributed by atoms with Gasteiger partial charge < -0.3 is 9.84 Å². The highest BCUT2D eigenvalue weighted by atomic mass is 16.5. The summed E-state index contributed by atoms with van der Waals surface area (Å²) in [7, 11) is 1.50. The van der Waals surface area contributed by atoms with Crippen molar-refractivity contribution in [2.45, 2.75) is 0 Å². The van der Waals surface area contributed by atoms with E-state index in [1.54, 1.807) is 30.3 Å². The van der Waals surface area contributed by atoms with Crippen molar-refractivity contribution in [3.8, 4) is 11.5 Å². The summed E-state index contributed by atoms with van der Waals surface area (Å²) in [6.45, 7) is 0. The van der Waals surface area contributed by atoms with Gasteiger partial charge in [-0.1, -0.05) is 6.07 Å². The van der Waals surface area contributed by atoms with Crippen molar-refractivity contribution < 1.29 is 19.4 Å². The Labute approximate surface area is 115 Å². The summed E-state index contributed by atoms with van der Waals surface area (Å²) in [6, 6.07) is 10.8. The molecule has 2 aromatic carbocycles. The second-order valence-corrected chi connectivity index (χ2v) is 4.38. The van der Waals surface area contributed by atoms with E-state index in [4.69, 9.17) is 4.74 Å². The van der Waals surface area contributed by atoms with Crippen molar-refractivity contribution in [3.63, 3.8) is 0 Å². The lowest BCUT2D eigenvalue weighted by Gasteiger charge is -2.13. The second-order valence-electron chi connectivity index (χ2n) is 4.38.